The van der Waals surface area contributed by atoms with Crippen LogP contribution < -0.4 is 0 Å². The van der Waals surface area contributed by atoms with Crippen LogP contribution in [0.5, 0.6) is 5.75 Å². The van der Waals surface area contributed by atoms with Crippen LogP contribution in [0, 0.1) is 0 Å². The molecule has 2 nitrogen and oxygen atoms in total. The highest BCUT2D eigenvalue weighted by Crippen LogP contribution is 2.20. The fraction of sp³-hybridized carbons (Fsp3) is 0.200. The summed E-state index contributed by atoms with van der Waals surface area (Å²) in [5, 5.41) is 10.3. The van der Waals surface area contributed by atoms with Gasteiger partial charge in [-0.05, 0) is 31.2 Å². The van der Waals surface area contributed by atoms with Crippen molar-refractivity contribution in [3.63, 3.8) is 0 Å². The second-order valence-electron chi connectivity index (χ2n) is 2.84. The number of hydrogen-bond donors (Lipinski definition) is 1. The highest BCUT2D eigenvalue weighted by molar-refractivity contribution is 5.81. The number of phenols is 1. The molecule has 0 amide bonds. The zero-order valence-corrected chi connectivity index (χ0v) is 6.99. The largest absolute Gasteiger partial charge is 0.508 e. The average molecular weight is 161 g/mol. The van der Waals surface area contributed by atoms with Crippen molar-refractivity contribution in [3.05, 3.63) is 30.5 Å². The Morgan fingerprint density at radius 2 is 2.17 bits per heavy atom. The highest BCUT2D eigenvalue weighted by atomic mass is 16.3. The van der Waals surface area contributed by atoms with E-state index in [4.69, 9.17) is 0 Å². The number of benzene rings is 1. The van der Waals surface area contributed by atoms with Gasteiger partial charge in [-0.25, -0.2) is 0 Å². The Bertz CT molecular complexity index is 403. The number of hydrogen-bond acceptors (Lipinski definition) is 1. The van der Waals surface area contributed by atoms with E-state index in [9.17, 15) is 5.11 Å². The minimum Gasteiger partial charge on any atom is -0.508 e. The first-order valence-electron chi connectivity index (χ1n) is 4.09. The van der Waals surface area contributed by atoms with Crippen molar-refractivity contribution >= 4 is 10.9 Å². The van der Waals surface area contributed by atoms with Crippen LogP contribution in [0.3, 0.4) is 0 Å². The fourth-order valence-electron chi connectivity index (χ4n) is 1.46. The predicted molar refractivity (Wildman–Crippen MR) is 49.3 cm³/mol. The van der Waals surface area contributed by atoms with E-state index in [0.29, 0.717) is 5.75 Å². The van der Waals surface area contributed by atoms with Gasteiger partial charge in [0.1, 0.15) is 5.75 Å². The van der Waals surface area contributed by atoms with Gasteiger partial charge >= 0.3 is 0 Å². The van der Waals surface area contributed by atoms with E-state index in [1.54, 1.807) is 12.1 Å². The third-order valence-corrected chi connectivity index (χ3v) is 2.10. The Morgan fingerprint density at radius 1 is 1.33 bits per heavy atom. The molecule has 2 aromatic rings. The third kappa shape index (κ3) is 0.961. The zero-order valence-electron chi connectivity index (χ0n) is 6.99. The monoisotopic (exact) mass is 161 g/mol. The molecule has 0 atom stereocenters. The molecule has 0 fully saturated rings. The molecule has 0 aliphatic carbocycles. The summed E-state index contributed by atoms with van der Waals surface area (Å²) in [6, 6.07) is 7.45. The van der Waals surface area contributed by atoms with Crippen molar-refractivity contribution in [1.82, 2.24) is 4.57 Å². The first kappa shape index (κ1) is 7.22. The zero-order chi connectivity index (χ0) is 8.55. The number of aromatic nitrogens is 1. The smallest absolute Gasteiger partial charge is 0.116 e. The van der Waals surface area contributed by atoms with E-state index in [1.807, 2.05) is 18.3 Å². The summed E-state index contributed by atoms with van der Waals surface area (Å²) >= 11 is 0. The molecule has 0 radical (unpaired) electrons. The van der Waals surface area contributed by atoms with Gasteiger partial charge in [0.25, 0.3) is 0 Å². The van der Waals surface area contributed by atoms with Crippen LogP contribution in [0.1, 0.15) is 6.92 Å². The summed E-state index contributed by atoms with van der Waals surface area (Å²) in [5.41, 5.74) is 1.18. The lowest BCUT2D eigenvalue weighted by atomic mass is 10.2. The molecule has 2 heteroatoms. The topological polar surface area (TPSA) is 25.2 Å². The van der Waals surface area contributed by atoms with E-state index in [1.165, 1.54) is 5.52 Å². The molecule has 12 heavy (non-hydrogen) atoms. The van der Waals surface area contributed by atoms with Gasteiger partial charge in [-0.3, -0.25) is 0 Å². The Morgan fingerprint density at radius 3 is 2.92 bits per heavy atom. The molecule has 0 spiro atoms. The summed E-state index contributed by atoms with van der Waals surface area (Å²) < 4.78 is 2.15. The molecule has 1 heterocycles. The van der Waals surface area contributed by atoms with Gasteiger partial charge < -0.3 is 9.67 Å². The second-order valence-corrected chi connectivity index (χ2v) is 2.84. The molecule has 0 aliphatic heterocycles. The van der Waals surface area contributed by atoms with E-state index in [0.717, 1.165) is 11.9 Å². The number of rotatable bonds is 1. The Labute approximate surface area is 71.1 Å². The maximum atomic E-state index is 9.20. The number of phenolic OH excluding ortho intramolecular Hbond substituents is 1. The normalized spacial score (nSPS) is 10.8. The molecule has 1 aromatic carbocycles. The summed E-state index contributed by atoms with van der Waals surface area (Å²) in [5.74, 6) is 0.330. The van der Waals surface area contributed by atoms with Gasteiger partial charge in [-0.2, -0.15) is 0 Å². The lowest BCUT2D eigenvalue weighted by Crippen LogP contribution is -1.89. The molecular formula is C10H11NO. The molecule has 1 N–H and O–H groups in total. The second kappa shape index (κ2) is 2.55. The van der Waals surface area contributed by atoms with E-state index < -0.39 is 0 Å². The number of fused-ring (bicyclic) bond motifs is 1. The third-order valence-electron chi connectivity index (χ3n) is 2.10. The van der Waals surface area contributed by atoms with E-state index in [-0.39, 0.29) is 0 Å². The first-order valence-corrected chi connectivity index (χ1v) is 4.09. The number of nitrogens with zero attached hydrogens (tertiary/aromatic N) is 1. The highest BCUT2D eigenvalue weighted by Gasteiger charge is 1.98. The van der Waals surface area contributed by atoms with E-state index in [2.05, 4.69) is 11.5 Å². The molecule has 0 bridgehead atoms. The predicted octanol–water partition coefficient (Wildman–Crippen LogP) is 2.37. The van der Waals surface area contributed by atoms with Gasteiger partial charge in [0.15, 0.2) is 0 Å². The molecule has 0 aliphatic rings. The van der Waals surface area contributed by atoms with Gasteiger partial charge in [-0.1, -0.05) is 0 Å². The van der Waals surface area contributed by atoms with Crippen molar-refractivity contribution in [1.29, 1.82) is 0 Å². The van der Waals surface area contributed by atoms with Crippen LogP contribution in [-0.4, -0.2) is 9.67 Å². The summed E-state index contributed by atoms with van der Waals surface area (Å²) in [4.78, 5) is 0. The first-order chi connectivity index (χ1) is 5.81. The molecule has 2 rings (SSSR count). The molecule has 0 saturated carbocycles. The van der Waals surface area contributed by atoms with Gasteiger partial charge in [0, 0.05) is 23.6 Å². The van der Waals surface area contributed by atoms with Crippen molar-refractivity contribution in [2.45, 2.75) is 13.5 Å². The molecule has 0 unspecified atom stereocenters. The van der Waals surface area contributed by atoms with Crippen molar-refractivity contribution in [2.75, 3.05) is 0 Å². The van der Waals surface area contributed by atoms with Crippen molar-refractivity contribution in [2.24, 2.45) is 0 Å². The number of aryl methyl sites for hydroxylation is 1. The maximum Gasteiger partial charge on any atom is 0.116 e. The van der Waals surface area contributed by atoms with Crippen LogP contribution in [0.2, 0.25) is 0 Å². The summed E-state index contributed by atoms with van der Waals surface area (Å²) in [7, 11) is 0. The lowest BCUT2D eigenvalue weighted by molar-refractivity contribution is 0.476. The Hall–Kier alpha value is -1.44. The summed E-state index contributed by atoms with van der Waals surface area (Å²) in [6.45, 7) is 3.07. The van der Waals surface area contributed by atoms with E-state index >= 15 is 0 Å². The Balaban J connectivity index is 2.73. The van der Waals surface area contributed by atoms with Crippen LogP contribution in [0.25, 0.3) is 10.9 Å². The maximum absolute atomic E-state index is 9.20. The minimum atomic E-state index is 0.330. The standard InChI is InChI=1S/C10H11NO/c1-2-11-6-5-8-7-9(12)3-4-10(8)11/h3-7,12H,2H2,1H3. The van der Waals surface area contributed by atoms with Gasteiger partial charge in [0.05, 0.1) is 0 Å². The number of aromatic hydroxyl groups is 1. The van der Waals surface area contributed by atoms with Crippen LogP contribution in [0.4, 0.5) is 0 Å². The minimum absolute atomic E-state index is 0.330. The van der Waals surface area contributed by atoms with Crippen LogP contribution >= 0.6 is 0 Å². The van der Waals surface area contributed by atoms with Gasteiger partial charge in [0.2, 0.25) is 0 Å². The average Bonchev–Trinajstić information content (AvgIpc) is 2.46. The fourth-order valence-corrected chi connectivity index (χ4v) is 1.46. The molecule has 0 saturated heterocycles. The van der Waals surface area contributed by atoms with Crippen LogP contribution in [0.15, 0.2) is 30.5 Å². The molecule has 1 aromatic heterocycles. The Kier molecular flexibility index (Phi) is 1.54. The molecular weight excluding hydrogens is 150 g/mol. The lowest BCUT2D eigenvalue weighted by Gasteiger charge is -1.99. The molecule has 62 valence electrons. The quantitative estimate of drug-likeness (QED) is 0.682. The SMILES string of the molecule is CCn1ccc2cc(O)ccc21. The summed E-state index contributed by atoms with van der Waals surface area (Å²) in [6.07, 6.45) is 2.03. The van der Waals surface area contributed by atoms with Gasteiger partial charge in [-0.15, -0.1) is 0 Å². The van der Waals surface area contributed by atoms with Crippen molar-refractivity contribution < 1.29 is 5.11 Å². The van der Waals surface area contributed by atoms with Crippen molar-refractivity contribution in [3.8, 4) is 5.75 Å². The van der Waals surface area contributed by atoms with Crippen LogP contribution in [-0.2, 0) is 6.54 Å².